The van der Waals surface area contributed by atoms with Crippen LogP contribution in [0.3, 0.4) is 0 Å². The molecule has 2 N–H and O–H groups in total. The number of amides is 1. The highest BCUT2D eigenvalue weighted by molar-refractivity contribution is 7.16. The van der Waals surface area contributed by atoms with E-state index in [0.717, 1.165) is 26.6 Å². The molecule has 34 heavy (non-hydrogen) atoms. The number of thiophene rings is 1. The molecule has 0 spiro atoms. The predicted molar refractivity (Wildman–Crippen MR) is 137 cm³/mol. The molecule has 6 nitrogen and oxygen atoms in total. The SMILES string of the molecule is COc1ccc(C(Nc2ccccn2)c2c(NC(=O)c3ccccc3)sc(C)c2C)c(OC)c1. The molecule has 7 heteroatoms. The van der Waals surface area contributed by atoms with Crippen LogP contribution in [0.4, 0.5) is 10.8 Å². The summed E-state index contributed by atoms with van der Waals surface area (Å²) in [5.74, 6) is 1.94. The van der Waals surface area contributed by atoms with Crippen LogP contribution in [-0.2, 0) is 0 Å². The molecule has 1 atom stereocenters. The van der Waals surface area contributed by atoms with E-state index >= 15 is 0 Å². The number of benzene rings is 2. The smallest absolute Gasteiger partial charge is 0.256 e. The van der Waals surface area contributed by atoms with Crippen molar-refractivity contribution in [1.82, 2.24) is 4.98 Å². The van der Waals surface area contributed by atoms with E-state index in [4.69, 9.17) is 9.47 Å². The van der Waals surface area contributed by atoms with E-state index in [-0.39, 0.29) is 11.9 Å². The fraction of sp³-hybridized carbons (Fsp3) is 0.185. The van der Waals surface area contributed by atoms with Crippen LogP contribution in [0.1, 0.15) is 38.0 Å². The standard InChI is InChI=1S/C27H27N3O3S/c1-17-18(2)34-27(30-26(31)19-10-6-5-7-11-19)24(17)25(29-23-12-8-9-15-28-23)21-14-13-20(32-3)16-22(21)33-4/h5-16,25H,1-4H3,(H,28,29)(H,30,31). The molecule has 2 aromatic carbocycles. The number of carbonyl (C=O) groups is 1. The molecular weight excluding hydrogens is 446 g/mol. The van der Waals surface area contributed by atoms with Gasteiger partial charge in [-0.1, -0.05) is 24.3 Å². The first-order valence-electron chi connectivity index (χ1n) is 10.9. The van der Waals surface area contributed by atoms with E-state index in [1.165, 1.54) is 0 Å². The molecule has 4 rings (SSSR count). The lowest BCUT2D eigenvalue weighted by Crippen LogP contribution is -2.18. The molecule has 0 saturated heterocycles. The summed E-state index contributed by atoms with van der Waals surface area (Å²) in [6.45, 7) is 4.13. The first kappa shape index (κ1) is 23.3. The number of hydrogen-bond acceptors (Lipinski definition) is 6. The van der Waals surface area contributed by atoms with Crippen LogP contribution in [0.15, 0.2) is 72.9 Å². The quantitative estimate of drug-likeness (QED) is 0.317. The van der Waals surface area contributed by atoms with Gasteiger partial charge in [0.25, 0.3) is 5.91 Å². The van der Waals surface area contributed by atoms with E-state index in [2.05, 4.69) is 29.5 Å². The molecule has 0 fully saturated rings. The zero-order valence-corrected chi connectivity index (χ0v) is 20.4. The fourth-order valence-corrected chi connectivity index (χ4v) is 4.90. The van der Waals surface area contributed by atoms with Gasteiger partial charge in [-0.2, -0.15) is 0 Å². The minimum absolute atomic E-state index is 0.151. The molecule has 4 aromatic rings. The van der Waals surface area contributed by atoms with Crippen molar-refractivity contribution in [2.24, 2.45) is 0 Å². The monoisotopic (exact) mass is 473 g/mol. The summed E-state index contributed by atoms with van der Waals surface area (Å²) in [5, 5.41) is 7.48. The summed E-state index contributed by atoms with van der Waals surface area (Å²) in [7, 11) is 3.27. The van der Waals surface area contributed by atoms with E-state index in [1.54, 1.807) is 43.9 Å². The van der Waals surface area contributed by atoms with Gasteiger partial charge in [-0.05, 0) is 55.8 Å². The molecular formula is C27H27N3O3S. The normalized spacial score (nSPS) is 11.5. The lowest BCUT2D eigenvalue weighted by Gasteiger charge is -2.24. The third-order valence-corrected chi connectivity index (χ3v) is 6.83. The van der Waals surface area contributed by atoms with Gasteiger partial charge in [0.2, 0.25) is 0 Å². The number of carbonyl (C=O) groups excluding carboxylic acids is 1. The first-order valence-corrected chi connectivity index (χ1v) is 11.7. The minimum atomic E-state index is -0.327. The molecule has 0 aliphatic rings. The van der Waals surface area contributed by atoms with Gasteiger partial charge in [0, 0.05) is 33.8 Å². The second-order valence-electron chi connectivity index (χ2n) is 7.75. The highest BCUT2D eigenvalue weighted by atomic mass is 32.1. The third kappa shape index (κ3) is 4.89. The molecule has 0 radical (unpaired) electrons. The van der Waals surface area contributed by atoms with Crippen LogP contribution < -0.4 is 20.1 Å². The highest BCUT2D eigenvalue weighted by Gasteiger charge is 2.27. The topological polar surface area (TPSA) is 72.5 Å². The van der Waals surface area contributed by atoms with Crippen molar-refractivity contribution in [1.29, 1.82) is 0 Å². The number of rotatable bonds is 8. The molecule has 0 aliphatic carbocycles. The van der Waals surface area contributed by atoms with Crippen LogP contribution in [0.5, 0.6) is 11.5 Å². The molecule has 174 valence electrons. The average Bonchev–Trinajstić information content (AvgIpc) is 3.15. The summed E-state index contributed by atoms with van der Waals surface area (Å²) in [6, 6.07) is 20.4. The first-order chi connectivity index (χ1) is 16.5. The number of methoxy groups -OCH3 is 2. The lowest BCUT2D eigenvalue weighted by molar-refractivity contribution is 0.102. The van der Waals surface area contributed by atoms with Gasteiger partial charge in [-0.25, -0.2) is 4.98 Å². The maximum atomic E-state index is 13.0. The number of anilines is 2. The number of nitrogens with one attached hydrogen (secondary N) is 2. The van der Waals surface area contributed by atoms with Gasteiger partial charge in [0.1, 0.15) is 22.3 Å². The van der Waals surface area contributed by atoms with Gasteiger partial charge < -0.3 is 20.1 Å². The summed E-state index contributed by atoms with van der Waals surface area (Å²) >= 11 is 1.56. The predicted octanol–water partition coefficient (Wildman–Crippen LogP) is 6.23. The Labute approximate surface area is 203 Å². The van der Waals surface area contributed by atoms with Crippen molar-refractivity contribution < 1.29 is 14.3 Å². The van der Waals surface area contributed by atoms with Crippen LogP contribution in [0.25, 0.3) is 0 Å². The number of aryl methyl sites for hydroxylation is 1. The maximum Gasteiger partial charge on any atom is 0.256 e. The number of hydrogen-bond donors (Lipinski definition) is 2. The highest BCUT2D eigenvalue weighted by Crippen LogP contribution is 2.43. The van der Waals surface area contributed by atoms with Gasteiger partial charge >= 0.3 is 0 Å². The summed E-state index contributed by atoms with van der Waals surface area (Å²) in [4.78, 5) is 18.6. The van der Waals surface area contributed by atoms with Crippen molar-refractivity contribution >= 4 is 28.1 Å². The average molecular weight is 474 g/mol. The van der Waals surface area contributed by atoms with Crippen molar-refractivity contribution in [3.05, 3.63) is 100 Å². The second-order valence-corrected chi connectivity index (χ2v) is 8.97. The zero-order chi connectivity index (χ0) is 24.1. The number of pyridine rings is 1. The van der Waals surface area contributed by atoms with Gasteiger partial charge in [-0.3, -0.25) is 4.79 Å². The summed E-state index contributed by atoms with van der Waals surface area (Å²) < 4.78 is 11.1. The Kier molecular flexibility index (Phi) is 7.13. The van der Waals surface area contributed by atoms with E-state index in [9.17, 15) is 4.79 Å². The number of nitrogens with zero attached hydrogens (tertiary/aromatic N) is 1. The largest absolute Gasteiger partial charge is 0.497 e. The zero-order valence-electron chi connectivity index (χ0n) is 19.6. The molecule has 0 saturated carbocycles. The minimum Gasteiger partial charge on any atom is -0.497 e. The van der Waals surface area contributed by atoms with Gasteiger partial charge in [-0.15, -0.1) is 11.3 Å². The number of aromatic nitrogens is 1. The molecule has 1 unspecified atom stereocenters. The Morgan fingerprint density at radius 3 is 2.41 bits per heavy atom. The van der Waals surface area contributed by atoms with Crippen LogP contribution >= 0.6 is 11.3 Å². The van der Waals surface area contributed by atoms with Crippen molar-refractivity contribution in [3.63, 3.8) is 0 Å². The van der Waals surface area contributed by atoms with E-state index < -0.39 is 0 Å². The Hall–Kier alpha value is -3.84. The lowest BCUT2D eigenvalue weighted by atomic mass is 9.95. The van der Waals surface area contributed by atoms with Crippen molar-refractivity contribution in [3.8, 4) is 11.5 Å². The van der Waals surface area contributed by atoms with Crippen LogP contribution in [0.2, 0.25) is 0 Å². The van der Waals surface area contributed by atoms with E-state index in [1.807, 2.05) is 54.6 Å². The summed E-state index contributed by atoms with van der Waals surface area (Å²) in [6.07, 6.45) is 1.74. The molecule has 2 aromatic heterocycles. The Morgan fingerprint density at radius 2 is 1.74 bits per heavy atom. The van der Waals surface area contributed by atoms with Gasteiger partial charge in [0.05, 0.1) is 20.3 Å². The van der Waals surface area contributed by atoms with Crippen LogP contribution in [-0.4, -0.2) is 25.1 Å². The van der Waals surface area contributed by atoms with Crippen LogP contribution in [0, 0.1) is 13.8 Å². The fourth-order valence-electron chi connectivity index (χ4n) is 3.81. The number of ether oxygens (including phenoxy) is 2. The Morgan fingerprint density at radius 1 is 0.971 bits per heavy atom. The van der Waals surface area contributed by atoms with Crippen molar-refractivity contribution in [2.45, 2.75) is 19.9 Å². The Balaban J connectivity index is 1.83. The second kappa shape index (κ2) is 10.4. The summed E-state index contributed by atoms with van der Waals surface area (Å²) in [5.41, 5.74) is 3.58. The van der Waals surface area contributed by atoms with Crippen molar-refractivity contribution in [2.75, 3.05) is 24.9 Å². The molecule has 0 bridgehead atoms. The van der Waals surface area contributed by atoms with Gasteiger partial charge in [0.15, 0.2) is 0 Å². The Bertz CT molecular complexity index is 1270. The van der Waals surface area contributed by atoms with E-state index in [0.29, 0.717) is 22.9 Å². The molecule has 0 aliphatic heterocycles. The maximum absolute atomic E-state index is 13.0. The third-order valence-electron chi connectivity index (χ3n) is 5.69. The molecule has 1 amide bonds. The molecule has 2 heterocycles.